The van der Waals surface area contributed by atoms with Crippen molar-refractivity contribution >= 4 is 50.9 Å². The van der Waals surface area contributed by atoms with E-state index in [4.69, 9.17) is 16.7 Å². The molecule has 1 aromatic heterocycles. The van der Waals surface area contributed by atoms with Crippen molar-refractivity contribution in [3.05, 3.63) is 58.4 Å². The summed E-state index contributed by atoms with van der Waals surface area (Å²) in [5.41, 5.74) is 0.560. The average Bonchev–Trinajstić information content (AvgIpc) is 2.96. The van der Waals surface area contributed by atoms with Gasteiger partial charge in [0.25, 0.3) is 0 Å². The van der Waals surface area contributed by atoms with Crippen LogP contribution in [0.5, 0.6) is 11.5 Å². The second-order valence-electron chi connectivity index (χ2n) is 5.31. The minimum atomic E-state index is -2.77. The first kappa shape index (κ1) is 19.2. The van der Waals surface area contributed by atoms with E-state index in [2.05, 4.69) is 0 Å². The Labute approximate surface area is 165 Å². The van der Waals surface area contributed by atoms with Crippen LogP contribution in [0.25, 0.3) is 11.1 Å². The van der Waals surface area contributed by atoms with Crippen molar-refractivity contribution in [1.29, 1.82) is 0 Å². The monoisotopic (exact) mass is 424 g/mol. The second kappa shape index (κ2) is 7.57. The standard InChI is InChI=1S/C17H12ClNO6S2/c18-16-12(10-3-1-2-4-13(10)20)8-15(26-16)19(27(24)25)9-5-6-11(17(22)23)14(21)7-9/h1-8,20-21H,(H,22,23)(H,24,25)/p-1. The maximum atomic E-state index is 11.8. The number of phenolic OH excluding ortho intramolecular Hbond substituents is 1. The van der Waals surface area contributed by atoms with E-state index in [1.54, 1.807) is 18.2 Å². The highest BCUT2D eigenvalue weighted by atomic mass is 35.5. The van der Waals surface area contributed by atoms with Crippen molar-refractivity contribution in [2.45, 2.75) is 0 Å². The highest BCUT2D eigenvalue weighted by molar-refractivity contribution is 7.81. The first-order chi connectivity index (χ1) is 12.8. The predicted molar refractivity (Wildman–Crippen MR) is 103 cm³/mol. The molecule has 3 rings (SSSR count). The van der Waals surface area contributed by atoms with Gasteiger partial charge in [-0.05, 0) is 24.3 Å². The number of halogens is 1. The van der Waals surface area contributed by atoms with E-state index in [0.29, 0.717) is 11.1 Å². The quantitative estimate of drug-likeness (QED) is 0.530. The number of aromatic hydroxyl groups is 2. The highest BCUT2D eigenvalue weighted by Gasteiger charge is 2.20. The van der Waals surface area contributed by atoms with Gasteiger partial charge in [-0.15, -0.1) is 11.3 Å². The molecule has 7 nitrogen and oxygen atoms in total. The Hall–Kier alpha value is -2.59. The lowest BCUT2D eigenvalue weighted by atomic mass is 10.1. The number of thiophene rings is 1. The molecule has 3 N–H and O–H groups in total. The summed E-state index contributed by atoms with van der Waals surface area (Å²) in [6.45, 7) is 0. The number of nitrogens with zero attached hydrogens (tertiary/aromatic N) is 1. The van der Waals surface area contributed by atoms with Crippen LogP contribution in [0.3, 0.4) is 0 Å². The maximum absolute atomic E-state index is 11.8. The Morgan fingerprint density at radius 3 is 2.37 bits per heavy atom. The Morgan fingerprint density at radius 1 is 1.07 bits per heavy atom. The molecule has 1 heterocycles. The summed E-state index contributed by atoms with van der Waals surface area (Å²) in [5, 5.41) is 29.0. The molecule has 0 aliphatic heterocycles. The van der Waals surface area contributed by atoms with Crippen molar-refractivity contribution in [2.24, 2.45) is 0 Å². The van der Waals surface area contributed by atoms with Crippen LogP contribution in [0.15, 0.2) is 48.5 Å². The molecule has 140 valence electrons. The number of para-hydroxylation sites is 1. The third-order valence-corrected chi connectivity index (χ3v) is 5.83. The van der Waals surface area contributed by atoms with Gasteiger partial charge in [0.05, 0.1) is 17.0 Å². The Kier molecular flexibility index (Phi) is 5.38. The van der Waals surface area contributed by atoms with Crippen molar-refractivity contribution in [2.75, 3.05) is 4.31 Å². The number of benzene rings is 2. The Bertz CT molecular complexity index is 1050. The molecule has 2 aromatic carbocycles. The summed E-state index contributed by atoms with van der Waals surface area (Å²) in [6.07, 6.45) is 0. The van der Waals surface area contributed by atoms with Crippen LogP contribution in [0, 0.1) is 0 Å². The molecule has 1 unspecified atom stereocenters. The number of hydrogen-bond donors (Lipinski definition) is 3. The number of carbonyl (C=O) groups is 1. The van der Waals surface area contributed by atoms with Crippen LogP contribution in [0.4, 0.5) is 10.7 Å². The van der Waals surface area contributed by atoms with E-state index in [-0.39, 0.29) is 26.3 Å². The number of aromatic carboxylic acids is 1. The lowest BCUT2D eigenvalue weighted by molar-refractivity contribution is 0.0693. The van der Waals surface area contributed by atoms with Crippen LogP contribution in [-0.4, -0.2) is 30.1 Å². The minimum Gasteiger partial charge on any atom is -0.755 e. The normalized spacial score (nSPS) is 11.9. The smallest absolute Gasteiger partial charge is 0.339 e. The topological polar surface area (TPSA) is 121 Å². The molecule has 0 aliphatic carbocycles. The largest absolute Gasteiger partial charge is 0.755 e. The third kappa shape index (κ3) is 3.76. The first-order valence-corrected chi connectivity index (χ1v) is 9.55. The lowest BCUT2D eigenvalue weighted by Crippen LogP contribution is -2.18. The predicted octanol–water partition coefficient (Wildman–Crippen LogP) is 4.11. The van der Waals surface area contributed by atoms with Crippen molar-refractivity contribution < 1.29 is 28.9 Å². The number of carboxylic acids is 1. The van der Waals surface area contributed by atoms with Gasteiger partial charge in [-0.2, -0.15) is 0 Å². The fourth-order valence-electron chi connectivity index (χ4n) is 2.46. The molecule has 0 radical (unpaired) electrons. The molecule has 10 heteroatoms. The minimum absolute atomic E-state index is 0.0120. The lowest BCUT2D eigenvalue weighted by Gasteiger charge is -2.25. The van der Waals surface area contributed by atoms with Crippen molar-refractivity contribution in [1.82, 2.24) is 0 Å². The highest BCUT2D eigenvalue weighted by Crippen LogP contribution is 2.45. The van der Waals surface area contributed by atoms with E-state index < -0.39 is 23.0 Å². The van der Waals surface area contributed by atoms with Crippen molar-refractivity contribution in [3.8, 4) is 22.6 Å². The van der Waals surface area contributed by atoms with E-state index in [0.717, 1.165) is 27.8 Å². The van der Waals surface area contributed by atoms with Gasteiger partial charge in [-0.3, -0.25) is 8.51 Å². The summed E-state index contributed by atoms with van der Waals surface area (Å²) in [4.78, 5) is 11.0. The average molecular weight is 425 g/mol. The SMILES string of the molecule is O=C(O)c1ccc(N(c2cc(-c3ccccc3O)c(Cl)s2)S(=O)[O-])cc1O. The van der Waals surface area contributed by atoms with Crippen LogP contribution in [0.1, 0.15) is 10.4 Å². The van der Waals surface area contributed by atoms with Gasteiger partial charge in [0, 0.05) is 17.2 Å². The molecule has 0 bridgehead atoms. The number of phenols is 2. The van der Waals surface area contributed by atoms with E-state index in [1.807, 2.05) is 0 Å². The molecule has 0 aliphatic rings. The van der Waals surface area contributed by atoms with Gasteiger partial charge in [-0.25, -0.2) is 4.79 Å². The number of anilines is 2. The second-order valence-corrected chi connectivity index (χ2v) is 7.74. The zero-order valence-electron chi connectivity index (χ0n) is 13.3. The zero-order valence-corrected chi connectivity index (χ0v) is 15.7. The summed E-state index contributed by atoms with van der Waals surface area (Å²) in [7, 11) is 0. The number of rotatable bonds is 5. The fraction of sp³-hybridized carbons (Fsp3) is 0. The van der Waals surface area contributed by atoms with Crippen LogP contribution >= 0.6 is 22.9 Å². The molecule has 0 saturated carbocycles. The van der Waals surface area contributed by atoms with E-state index in [9.17, 15) is 23.8 Å². The van der Waals surface area contributed by atoms with Gasteiger partial charge in [-0.1, -0.05) is 29.8 Å². The summed E-state index contributed by atoms with van der Waals surface area (Å²) in [6, 6.07) is 11.3. The first-order valence-electron chi connectivity index (χ1n) is 7.33. The van der Waals surface area contributed by atoms with Crippen LogP contribution in [-0.2, 0) is 11.3 Å². The van der Waals surface area contributed by atoms with Gasteiger partial charge < -0.3 is 19.9 Å². The Balaban J connectivity index is 2.09. The van der Waals surface area contributed by atoms with Gasteiger partial charge in [0.1, 0.15) is 26.4 Å². The molecular formula is C17H11ClNO6S2-. The molecule has 3 aromatic rings. The molecular weight excluding hydrogens is 414 g/mol. The molecule has 0 amide bonds. The van der Waals surface area contributed by atoms with Gasteiger partial charge in [0.2, 0.25) is 0 Å². The molecule has 0 spiro atoms. The number of carboxylic acid groups (broad SMARTS) is 1. The fourth-order valence-corrected chi connectivity index (χ4v) is 4.46. The van der Waals surface area contributed by atoms with Gasteiger partial charge >= 0.3 is 5.97 Å². The Morgan fingerprint density at radius 2 is 1.78 bits per heavy atom. The zero-order chi connectivity index (χ0) is 19.7. The summed E-state index contributed by atoms with van der Waals surface area (Å²) in [5.74, 6) is -1.92. The molecule has 1 atom stereocenters. The van der Waals surface area contributed by atoms with Crippen LogP contribution in [0.2, 0.25) is 4.34 Å². The molecule has 0 fully saturated rings. The molecule has 27 heavy (non-hydrogen) atoms. The molecule has 0 saturated heterocycles. The maximum Gasteiger partial charge on any atom is 0.339 e. The number of hydrogen-bond acceptors (Lipinski definition) is 6. The van der Waals surface area contributed by atoms with Crippen LogP contribution < -0.4 is 4.31 Å². The van der Waals surface area contributed by atoms with E-state index in [1.165, 1.54) is 18.2 Å². The van der Waals surface area contributed by atoms with Crippen molar-refractivity contribution in [3.63, 3.8) is 0 Å². The summed E-state index contributed by atoms with van der Waals surface area (Å²) < 4.78 is 24.7. The van der Waals surface area contributed by atoms with E-state index >= 15 is 0 Å². The van der Waals surface area contributed by atoms with Gasteiger partial charge in [0.15, 0.2) is 0 Å². The summed E-state index contributed by atoms with van der Waals surface area (Å²) >= 11 is 4.42. The third-order valence-electron chi connectivity index (χ3n) is 3.66.